The molecule has 1 aromatic carbocycles. The predicted octanol–water partition coefficient (Wildman–Crippen LogP) is 3.29. The number of rotatable bonds is 5. The quantitative estimate of drug-likeness (QED) is 0.830. The molecular weight excluding hydrogens is 308 g/mol. The van der Waals surface area contributed by atoms with Gasteiger partial charge in [-0.15, -0.1) is 10.3 Å². The zero-order valence-corrected chi connectivity index (χ0v) is 15.1. The molecule has 0 radical (unpaired) electrons. The Hall–Kier alpha value is -0.850. The molecule has 6 heteroatoms. The van der Waals surface area contributed by atoms with Gasteiger partial charge in [0.2, 0.25) is 0 Å². The van der Waals surface area contributed by atoms with Gasteiger partial charge in [0.25, 0.3) is 0 Å². The van der Waals surface area contributed by atoms with Gasteiger partial charge < -0.3 is 0 Å². The second-order valence-corrected chi connectivity index (χ2v) is 11.7. The van der Waals surface area contributed by atoms with Gasteiger partial charge in [-0.3, -0.25) is 4.79 Å². The minimum Gasteiger partial charge on any atom is -0.298 e. The van der Waals surface area contributed by atoms with Gasteiger partial charge in [0.05, 0.1) is 10.6 Å². The third-order valence-electron chi connectivity index (χ3n) is 2.90. The maximum Gasteiger partial charge on any atom is 0.306 e. The molecule has 0 spiro atoms. The van der Waals surface area contributed by atoms with E-state index in [2.05, 4.69) is 0 Å². The molecule has 21 heavy (non-hydrogen) atoms. The second kappa shape index (κ2) is 6.10. The lowest BCUT2D eigenvalue weighted by atomic mass is 9.92. The largest absolute Gasteiger partial charge is 0.306 e. The first-order valence-electron chi connectivity index (χ1n) is 6.61. The predicted molar refractivity (Wildman–Crippen MR) is 88.2 cm³/mol. The van der Waals surface area contributed by atoms with Crippen LogP contribution in [-0.4, -0.2) is 32.5 Å². The highest BCUT2D eigenvalue weighted by molar-refractivity contribution is 8.32. The van der Waals surface area contributed by atoms with Crippen LogP contribution in [0, 0.1) is 12.3 Å². The molecule has 0 aliphatic rings. The van der Waals surface area contributed by atoms with Crippen molar-refractivity contribution in [2.24, 2.45) is 5.41 Å². The van der Waals surface area contributed by atoms with Crippen LogP contribution in [0.15, 0.2) is 29.2 Å². The van der Waals surface area contributed by atoms with E-state index < -0.39 is 25.8 Å². The van der Waals surface area contributed by atoms with E-state index in [1.54, 1.807) is 24.6 Å². The van der Waals surface area contributed by atoms with Gasteiger partial charge in [-0.05, 0) is 31.6 Å². The summed E-state index contributed by atoms with van der Waals surface area (Å²) < 4.78 is 29.9. The Kier molecular flexibility index (Phi) is 5.29. The number of carbonyl (C=O) groups excluding carboxylic acids is 1. The van der Waals surface area contributed by atoms with Crippen LogP contribution in [0.3, 0.4) is 0 Å². The molecule has 4 nitrogen and oxygen atoms in total. The summed E-state index contributed by atoms with van der Waals surface area (Å²) in [6, 6.07) is 6.48. The lowest BCUT2D eigenvalue weighted by molar-refractivity contribution is -0.123. The second-order valence-electron chi connectivity index (χ2n) is 6.59. The van der Waals surface area contributed by atoms with E-state index in [0.717, 1.165) is 5.56 Å². The summed E-state index contributed by atoms with van der Waals surface area (Å²) in [6.07, 6.45) is 3.39. The minimum absolute atomic E-state index is 0.00149. The first-order chi connectivity index (χ1) is 9.33. The summed E-state index contributed by atoms with van der Waals surface area (Å²) in [7, 11) is -5.86. The third-order valence-corrected chi connectivity index (χ3v) is 6.90. The lowest BCUT2D eigenvalue weighted by Crippen LogP contribution is -2.27. The average molecular weight is 332 g/mol. The fourth-order valence-corrected chi connectivity index (χ4v) is 5.52. The molecule has 0 saturated heterocycles. The molecule has 0 saturated carbocycles. The highest BCUT2D eigenvalue weighted by Gasteiger charge is 2.31. The molecule has 0 N–H and O–H groups in total. The van der Waals surface area contributed by atoms with Gasteiger partial charge in [-0.2, -0.15) is 8.42 Å². The number of carbonyl (C=O) groups is 1. The molecule has 0 aliphatic heterocycles. The molecule has 0 heterocycles. The summed E-state index contributed by atoms with van der Waals surface area (Å²) in [6.45, 7) is 7.34. The lowest BCUT2D eigenvalue weighted by Gasteiger charge is -2.31. The summed E-state index contributed by atoms with van der Waals surface area (Å²) in [4.78, 5) is 12.2. The Bertz CT molecular complexity index is 608. The van der Waals surface area contributed by atoms with Crippen molar-refractivity contribution >= 4 is 26.2 Å². The van der Waals surface area contributed by atoms with Crippen LogP contribution in [0.1, 0.15) is 26.3 Å². The first kappa shape index (κ1) is 18.2. The Morgan fingerprint density at radius 2 is 1.57 bits per heavy atom. The van der Waals surface area contributed by atoms with E-state index in [1.165, 1.54) is 12.1 Å². The van der Waals surface area contributed by atoms with Crippen molar-refractivity contribution < 1.29 is 16.8 Å². The van der Waals surface area contributed by atoms with E-state index in [9.17, 15) is 13.2 Å². The Labute approximate surface area is 129 Å². The molecule has 0 atom stereocenters. The Balaban J connectivity index is 2.92. The number of ketones is 1. The standard InChI is InChI=1S/C15H24O4S2/c1-12-7-9-13(10-8-12)21(17,18)19-20(5,6)11-14(16)15(2,3)4/h7-10H,11H2,1-6H3. The number of aryl methyl sites for hydroxylation is 1. The van der Waals surface area contributed by atoms with Crippen molar-refractivity contribution in [3.63, 3.8) is 0 Å². The maximum atomic E-state index is 12.3. The van der Waals surface area contributed by atoms with E-state index in [4.69, 9.17) is 3.63 Å². The topological polar surface area (TPSA) is 60.4 Å². The normalized spacial score (nSPS) is 14.0. The van der Waals surface area contributed by atoms with Crippen LogP contribution in [-0.2, 0) is 18.5 Å². The van der Waals surface area contributed by atoms with E-state index in [1.807, 2.05) is 27.7 Å². The fourth-order valence-electron chi connectivity index (χ4n) is 1.54. The average Bonchev–Trinajstić information content (AvgIpc) is 2.25. The van der Waals surface area contributed by atoms with Crippen LogP contribution in [0.5, 0.6) is 0 Å². The Morgan fingerprint density at radius 1 is 1.10 bits per heavy atom. The first-order valence-corrected chi connectivity index (χ1v) is 10.6. The molecule has 0 fully saturated rings. The summed E-state index contributed by atoms with van der Waals surface area (Å²) >= 11 is 0. The summed E-state index contributed by atoms with van der Waals surface area (Å²) in [5.41, 5.74) is 0.477. The minimum atomic E-state index is -3.84. The van der Waals surface area contributed by atoms with Crippen LogP contribution in [0.4, 0.5) is 0 Å². The SMILES string of the molecule is Cc1ccc(S(=O)(=O)OS(C)(C)CC(=O)C(C)(C)C)cc1. The number of hydrogen-bond donors (Lipinski definition) is 0. The summed E-state index contributed by atoms with van der Waals surface area (Å²) in [5, 5.41) is 0. The van der Waals surface area contributed by atoms with Crippen molar-refractivity contribution in [2.45, 2.75) is 32.6 Å². The molecule has 0 unspecified atom stereocenters. The highest BCUT2D eigenvalue weighted by atomic mass is 32.3. The van der Waals surface area contributed by atoms with Crippen molar-refractivity contribution in [1.29, 1.82) is 0 Å². The van der Waals surface area contributed by atoms with Gasteiger partial charge >= 0.3 is 10.1 Å². The molecule has 0 bridgehead atoms. The van der Waals surface area contributed by atoms with E-state index in [0.29, 0.717) is 0 Å². The van der Waals surface area contributed by atoms with Crippen molar-refractivity contribution in [3.05, 3.63) is 29.8 Å². The highest BCUT2D eigenvalue weighted by Crippen LogP contribution is 2.45. The van der Waals surface area contributed by atoms with Gasteiger partial charge in [-0.25, -0.2) is 3.63 Å². The van der Waals surface area contributed by atoms with Crippen molar-refractivity contribution in [1.82, 2.24) is 0 Å². The zero-order chi connectivity index (χ0) is 16.5. The maximum absolute atomic E-state index is 12.3. The molecule has 1 aromatic rings. The molecular formula is C15H24O4S2. The molecule has 0 aromatic heterocycles. The fraction of sp³-hybridized carbons (Fsp3) is 0.533. The van der Waals surface area contributed by atoms with Gasteiger partial charge in [0.1, 0.15) is 5.78 Å². The van der Waals surface area contributed by atoms with Crippen LogP contribution < -0.4 is 0 Å². The monoisotopic (exact) mass is 332 g/mol. The van der Waals surface area contributed by atoms with E-state index >= 15 is 0 Å². The third kappa shape index (κ3) is 5.45. The summed E-state index contributed by atoms with van der Waals surface area (Å²) in [5.74, 6) is 0.128. The van der Waals surface area contributed by atoms with Gasteiger partial charge in [0, 0.05) is 5.41 Å². The van der Waals surface area contributed by atoms with Crippen LogP contribution in [0.25, 0.3) is 0 Å². The number of hydrogen-bond acceptors (Lipinski definition) is 4. The van der Waals surface area contributed by atoms with Crippen molar-refractivity contribution in [3.8, 4) is 0 Å². The van der Waals surface area contributed by atoms with Crippen molar-refractivity contribution in [2.75, 3.05) is 18.3 Å². The molecule has 120 valence electrons. The Morgan fingerprint density at radius 3 is 2.00 bits per heavy atom. The molecule has 1 rings (SSSR count). The molecule has 0 amide bonds. The van der Waals surface area contributed by atoms with Gasteiger partial charge in [-0.1, -0.05) is 38.5 Å². The zero-order valence-electron chi connectivity index (χ0n) is 13.5. The van der Waals surface area contributed by atoms with Crippen LogP contribution in [0.2, 0.25) is 0 Å². The smallest absolute Gasteiger partial charge is 0.298 e. The molecule has 0 aliphatic carbocycles. The number of benzene rings is 1. The number of Topliss-reactive ketones (excluding diaryl/α,β-unsaturated/α-hetero) is 1. The van der Waals surface area contributed by atoms with Gasteiger partial charge in [0.15, 0.2) is 0 Å². The van der Waals surface area contributed by atoms with E-state index in [-0.39, 0.29) is 16.4 Å². The van der Waals surface area contributed by atoms with Crippen LogP contribution >= 0.6 is 10.3 Å².